The number of aromatic carboxylic acids is 1. The van der Waals surface area contributed by atoms with Gasteiger partial charge in [-0.2, -0.15) is 5.26 Å². The molecule has 1 atom stereocenters. The molecule has 0 aliphatic rings. The van der Waals surface area contributed by atoms with Gasteiger partial charge in [0.25, 0.3) is 5.91 Å². The highest BCUT2D eigenvalue weighted by Gasteiger charge is 2.17. The summed E-state index contributed by atoms with van der Waals surface area (Å²) in [6, 6.07) is 7.98. The predicted molar refractivity (Wildman–Crippen MR) is 69.8 cm³/mol. The first-order valence-corrected chi connectivity index (χ1v) is 6.01. The standard InChI is InChI=1S/C14H16N2O3/c1-3-16(9-10(2)8-15)13(17)11-5-4-6-12(7-11)14(18)19/h4-7,10H,3,9H2,1-2H3,(H,18,19). The number of carboxylic acids is 1. The molecule has 1 amide bonds. The second-order valence-corrected chi connectivity index (χ2v) is 4.26. The summed E-state index contributed by atoms with van der Waals surface area (Å²) in [6.07, 6.45) is 0. The predicted octanol–water partition coefficient (Wildman–Crippen LogP) is 2.01. The summed E-state index contributed by atoms with van der Waals surface area (Å²) in [5.41, 5.74) is 0.405. The molecule has 0 aromatic heterocycles. The molecule has 0 aliphatic heterocycles. The second-order valence-electron chi connectivity index (χ2n) is 4.26. The van der Waals surface area contributed by atoms with Gasteiger partial charge in [0.15, 0.2) is 0 Å². The van der Waals surface area contributed by atoms with Crippen LogP contribution >= 0.6 is 0 Å². The Kier molecular flexibility index (Phi) is 5.07. The number of carbonyl (C=O) groups excluding carboxylic acids is 1. The second kappa shape index (κ2) is 6.55. The van der Waals surface area contributed by atoms with Crippen molar-refractivity contribution in [1.29, 1.82) is 5.26 Å². The van der Waals surface area contributed by atoms with Crippen molar-refractivity contribution in [3.63, 3.8) is 0 Å². The lowest BCUT2D eigenvalue weighted by molar-refractivity contribution is 0.0697. The van der Waals surface area contributed by atoms with Gasteiger partial charge in [-0.15, -0.1) is 0 Å². The molecule has 0 aliphatic carbocycles. The molecule has 5 nitrogen and oxygen atoms in total. The van der Waals surface area contributed by atoms with Gasteiger partial charge in [-0.1, -0.05) is 6.07 Å². The molecule has 0 fully saturated rings. The van der Waals surface area contributed by atoms with E-state index in [-0.39, 0.29) is 17.4 Å². The molecule has 0 bridgehead atoms. The van der Waals surface area contributed by atoms with Crippen LogP contribution in [0.1, 0.15) is 34.6 Å². The molecule has 0 radical (unpaired) electrons. The van der Waals surface area contributed by atoms with E-state index in [2.05, 4.69) is 6.07 Å². The van der Waals surface area contributed by atoms with E-state index in [1.165, 1.54) is 23.1 Å². The molecule has 1 aromatic carbocycles. The van der Waals surface area contributed by atoms with Gasteiger partial charge in [0, 0.05) is 18.7 Å². The maximum absolute atomic E-state index is 12.2. The maximum atomic E-state index is 12.2. The Bertz CT molecular complexity index is 520. The van der Waals surface area contributed by atoms with E-state index in [0.717, 1.165) is 0 Å². The Morgan fingerprint density at radius 3 is 2.58 bits per heavy atom. The molecule has 100 valence electrons. The molecular weight excluding hydrogens is 244 g/mol. The lowest BCUT2D eigenvalue weighted by Crippen LogP contribution is -2.34. The van der Waals surface area contributed by atoms with Crippen LogP contribution in [0.3, 0.4) is 0 Å². The summed E-state index contributed by atoms with van der Waals surface area (Å²) in [5, 5.41) is 17.7. The minimum Gasteiger partial charge on any atom is -0.478 e. The van der Waals surface area contributed by atoms with Gasteiger partial charge in [0.05, 0.1) is 17.6 Å². The van der Waals surface area contributed by atoms with Gasteiger partial charge in [-0.3, -0.25) is 4.79 Å². The highest BCUT2D eigenvalue weighted by atomic mass is 16.4. The Morgan fingerprint density at radius 2 is 2.05 bits per heavy atom. The largest absolute Gasteiger partial charge is 0.478 e. The summed E-state index contributed by atoms with van der Waals surface area (Å²) in [6.45, 7) is 4.37. The summed E-state index contributed by atoms with van der Waals surface area (Å²) in [5.74, 6) is -1.58. The van der Waals surface area contributed by atoms with Crippen LogP contribution in [0.4, 0.5) is 0 Å². The number of nitriles is 1. The van der Waals surface area contributed by atoms with Crippen LogP contribution in [-0.2, 0) is 0 Å². The van der Waals surface area contributed by atoms with E-state index >= 15 is 0 Å². The van der Waals surface area contributed by atoms with Crippen molar-refractivity contribution in [3.8, 4) is 6.07 Å². The Balaban J connectivity index is 2.95. The Labute approximate surface area is 112 Å². The smallest absolute Gasteiger partial charge is 0.335 e. The van der Waals surface area contributed by atoms with Crippen LogP contribution in [0, 0.1) is 17.2 Å². The highest BCUT2D eigenvalue weighted by molar-refractivity contribution is 5.97. The van der Waals surface area contributed by atoms with E-state index in [0.29, 0.717) is 18.7 Å². The minimum atomic E-state index is -1.07. The van der Waals surface area contributed by atoms with Crippen molar-refractivity contribution in [1.82, 2.24) is 4.90 Å². The summed E-state index contributed by atoms with van der Waals surface area (Å²) >= 11 is 0. The van der Waals surface area contributed by atoms with E-state index in [4.69, 9.17) is 10.4 Å². The minimum absolute atomic E-state index is 0.0789. The van der Waals surface area contributed by atoms with Crippen molar-refractivity contribution in [2.24, 2.45) is 5.92 Å². The van der Waals surface area contributed by atoms with E-state index in [9.17, 15) is 9.59 Å². The highest BCUT2D eigenvalue weighted by Crippen LogP contribution is 2.10. The fraction of sp³-hybridized carbons (Fsp3) is 0.357. The van der Waals surface area contributed by atoms with Gasteiger partial charge in [0.2, 0.25) is 0 Å². The third-order valence-electron chi connectivity index (χ3n) is 2.74. The first-order valence-electron chi connectivity index (χ1n) is 6.01. The molecular formula is C14H16N2O3. The summed E-state index contributed by atoms with van der Waals surface area (Å²) in [7, 11) is 0. The zero-order chi connectivity index (χ0) is 14.4. The lowest BCUT2D eigenvalue weighted by atomic mass is 10.1. The molecule has 0 spiro atoms. The number of amides is 1. The number of nitrogens with zero attached hydrogens (tertiary/aromatic N) is 2. The van der Waals surface area contributed by atoms with Gasteiger partial charge in [0.1, 0.15) is 0 Å². The topological polar surface area (TPSA) is 81.4 Å². The van der Waals surface area contributed by atoms with Crippen LogP contribution in [0.25, 0.3) is 0 Å². The van der Waals surface area contributed by atoms with Crippen molar-refractivity contribution >= 4 is 11.9 Å². The lowest BCUT2D eigenvalue weighted by Gasteiger charge is -2.22. The summed E-state index contributed by atoms with van der Waals surface area (Å²) in [4.78, 5) is 24.6. The molecule has 0 saturated heterocycles. The van der Waals surface area contributed by atoms with Crippen molar-refractivity contribution in [2.45, 2.75) is 13.8 Å². The van der Waals surface area contributed by atoms with Crippen LogP contribution in [0.2, 0.25) is 0 Å². The molecule has 1 N–H and O–H groups in total. The monoisotopic (exact) mass is 260 g/mol. The van der Waals surface area contributed by atoms with Crippen LogP contribution < -0.4 is 0 Å². The molecule has 1 unspecified atom stereocenters. The molecule has 5 heteroatoms. The van der Waals surface area contributed by atoms with Crippen molar-refractivity contribution < 1.29 is 14.7 Å². The van der Waals surface area contributed by atoms with Crippen LogP contribution in [0.15, 0.2) is 24.3 Å². The Morgan fingerprint density at radius 1 is 1.42 bits per heavy atom. The quantitative estimate of drug-likeness (QED) is 0.878. The summed E-state index contributed by atoms with van der Waals surface area (Å²) < 4.78 is 0. The van der Waals surface area contributed by atoms with Gasteiger partial charge < -0.3 is 10.0 Å². The molecule has 19 heavy (non-hydrogen) atoms. The Hall–Kier alpha value is -2.35. The zero-order valence-electron chi connectivity index (χ0n) is 11.0. The molecule has 0 heterocycles. The first kappa shape index (κ1) is 14.7. The van der Waals surface area contributed by atoms with Crippen molar-refractivity contribution in [2.75, 3.05) is 13.1 Å². The van der Waals surface area contributed by atoms with Crippen molar-refractivity contribution in [3.05, 3.63) is 35.4 Å². The number of rotatable bonds is 5. The number of hydrogen-bond donors (Lipinski definition) is 1. The third-order valence-corrected chi connectivity index (χ3v) is 2.74. The zero-order valence-corrected chi connectivity index (χ0v) is 11.0. The number of carbonyl (C=O) groups is 2. The normalized spacial score (nSPS) is 11.4. The van der Waals surface area contributed by atoms with Crippen LogP contribution in [-0.4, -0.2) is 35.0 Å². The number of carboxylic acid groups (broad SMARTS) is 1. The van der Waals surface area contributed by atoms with E-state index < -0.39 is 5.97 Å². The van der Waals surface area contributed by atoms with E-state index in [1.54, 1.807) is 13.0 Å². The average molecular weight is 260 g/mol. The molecule has 1 aromatic rings. The fourth-order valence-electron chi connectivity index (χ4n) is 1.69. The number of hydrogen-bond acceptors (Lipinski definition) is 3. The van der Waals surface area contributed by atoms with Crippen LogP contribution in [0.5, 0.6) is 0 Å². The molecule has 0 saturated carbocycles. The van der Waals surface area contributed by atoms with Gasteiger partial charge >= 0.3 is 5.97 Å². The van der Waals surface area contributed by atoms with Gasteiger partial charge in [-0.05, 0) is 32.0 Å². The van der Waals surface area contributed by atoms with Gasteiger partial charge in [-0.25, -0.2) is 4.79 Å². The number of benzene rings is 1. The molecule has 1 rings (SSSR count). The van der Waals surface area contributed by atoms with E-state index in [1.807, 2.05) is 6.92 Å². The third kappa shape index (κ3) is 3.81. The SMILES string of the molecule is CCN(CC(C)C#N)C(=O)c1cccc(C(=O)O)c1. The fourth-order valence-corrected chi connectivity index (χ4v) is 1.69. The average Bonchev–Trinajstić information content (AvgIpc) is 2.43. The maximum Gasteiger partial charge on any atom is 0.335 e. The first-order chi connectivity index (χ1) is 8.99.